The molecule has 0 saturated carbocycles. The van der Waals surface area contributed by atoms with Crippen LogP contribution in [0, 0.1) is 12.8 Å². The molecule has 0 amide bonds. The van der Waals surface area contributed by atoms with E-state index < -0.39 is 0 Å². The van der Waals surface area contributed by atoms with Gasteiger partial charge >= 0.3 is 51.4 Å². The number of nitrogens with one attached hydrogen (secondary N) is 1. The largest absolute Gasteiger partial charge is 1.00 e. The minimum Gasteiger partial charge on any atom is -0.391 e. The van der Waals surface area contributed by atoms with Crippen molar-refractivity contribution in [2.45, 2.75) is 27.7 Å². The second-order valence-electron chi connectivity index (χ2n) is 3.20. The smallest absolute Gasteiger partial charge is 0.391 e. The maximum Gasteiger partial charge on any atom is 1.00 e. The molecule has 0 heterocycles. The molecule has 11 heavy (non-hydrogen) atoms. The van der Waals surface area contributed by atoms with E-state index in [0.29, 0.717) is 0 Å². The summed E-state index contributed by atoms with van der Waals surface area (Å²) in [6.45, 7) is 8.63. The summed E-state index contributed by atoms with van der Waals surface area (Å²) in [6, 6.07) is 0. The predicted octanol–water partition coefficient (Wildman–Crippen LogP) is -0.390. The van der Waals surface area contributed by atoms with Crippen molar-refractivity contribution in [2.24, 2.45) is 5.41 Å². The van der Waals surface area contributed by atoms with Crippen molar-refractivity contribution in [1.82, 2.24) is 5.32 Å². The van der Waals surface area contributed by atoms with Crippen LogP contribution in [0.15, 0.2) is 11.8 Å². The third-order valence-electron chi connectivity index (χ3n) is 1.37. The van der Waals surface area contributed by atoms with Gasteiger partial charge in [0.2, 0.25) is 0 Å². The van der Waals surface area contributed by atoms with Gasteiger partial charge in [-0.05, 0) is 6.92 Å². The van der Waals surface area contributed by atoms with Crippen LogP contribution in [0.5, 0.6) is 0 Å². The van der Waals surface area contributed by atoms with Crippen molar-refractivity contribution in [2.75, 3.05) is 7.05 Å². The molecule has 0 aliphatic carbocycles. The van der Waals surface area contributed by atoms with Gasteiger partial charge in [0.25, 0.3) is 0 Å². The van der Waals surface area contributed by atoms with Gasteiger partial charge in [-0.1, -0.05) is 26.8 Å². The van der Waals surface area contributed by atoms with Crippen molar-refractivity contribution in [3.8, 4) is 0 Å². The van der Waals surface area contributed by atoms with E-state index in [1.165, 1.54) is 5.70 Å². The Morgan fingerprint density at radius 1 is 1.27 bits per heavy atom. The van der Waals surface area contributed by atoms with E-state index in [-0.39, 0.29) is 64.2 Å². The molecule has 0 saturated heterocycles. The normalized spacial score (nSPS) is 11.2. The van der Waals surface area contributed by atoms with Gasteiger partial charge in [0.05, 0.1) is 0 Å². The minimum absolute atomic E-state index is 0. The molecule has 0 aromatic rings. The predicted molar refractivity (Wildman–Crippen MR) is 48.7 cm³/mol. The molecule has 62 valence electrons. The molecule has 0 fully saturated rings. The molecule has 0 unspecified atom stereocenters. The monoisotopic (exact) mass is 181 g/mol. The molecule has 0 bridgehead atoms. The Bertz CT molecular complexity index is 111. The van der Waals surface area contributed by atoms with Gasteiger partial charge in [-0.15, -0.1) is 0 Å². The Kier molecular flexibility index (Phi) is 12.8. The first-order valence-electron chi connectivity index (χ1n) is 3.37. The molecular formula is C9H20KN. The van der Waals surface area contributed by atoms with Crippen molar-refractivity contribution in [3.05, 3.63) is 19.2 Å². The maximum absolute atomic E-state index is 3.15. The zero-order valence-electron chi connectivity index (χ0n) is 9.08. The van der Waals surface area contributed by atoms with Crippen LogP contribution in [0.1, 0.15) is 27.7 Å². The summed E-state index contributed by atoms with van der Waals surface area (Å²) in [6.07, 6.45) is 2.11. The Morgan fingerprint density at radius 2 is 1.64 bits per heavy atom. The second kappa shape index (κ2) is 7.81. The number of hydrogen-bond donors (Lipinski definition) is 1. The fourth-order valence-corrected chi connectivity index (χ4v) is 0.952. The minimum atomic E-state index is 0. The standard InChI is InChI=1S/C8H17N.CH3.K/c1-6-7(9-5)8(2,3)4;;/h6,9H,1-5H3;1H3;/q;-1;+1/b7-6-;;. The van der Waals surface area contributed by atoms with E-state index in [1.54, 1.807) is 0 Å². The first-order chi connectivity index (χ1) is 4.02. The van der Waals surface area contributed by atoms with Crippen LogP contribution in [0.3, 0.4) is 0 Å². The van der Waals surface area contributed by atoms with E-state index in [4.69, 9.17) is 0 Å². The summed E-state index contributed by atoms with van der Waals surface area (Å²) >= 11 is 0. The maximum atomic E-state index is 3.15. The van der Waals surface area contributed by atoms with Crippen molar-refractivity contribution in [1.29, 1.82) is 0 Å². The van der Waals surface area contributed by atoms with Gasteiger partial charge in [0.15, 0.2) is 0 Å². The van der Waals surface area contributed by atoms with Crippen LogP contribution in [-0.4, -0.2) is 7.05 Å². The third-order valence-corrected chi connectivity index (χ3v) is 1.37. The zero-order chi connectivity index (χ0) is 7.49. The van der Waals surface area contributed by atoms with Crippen molar-refractivity contribution in [3.63, 3.8) is 0 Å². The fourth-order valence-electron chi connectivity index (χ4n) is 0.952. The van der Waals surface area contributed by atoms with Crippen LogP contribution in [0.2, 0.25) is 0 Å². The first kappa shape index (κ1) is 18.1. The van der Waals surface area contributed by atoms with Crippen LogP contribution < -0.4 is 56.7 Å². The Balaban J connectivity index is -0.000000320. The van der Waals surface area contributed by atoms with Crippen LogP contribution in [-0.2, 0) is 0 Å². The molecule has 0 rings (SSSR count). The van der Waals surface area contributed by atoms with Crippen LogP contribution in [0.4, 0.5) is 0 Å². The molecular weight excluding hydrogens is 161 g/mol. The Labute approximate surface area is 114 Å². The average molecular weight is 181 g/mol. The molecule has 0 atom stereocenters. The molecule has 2 heteroatoms. The summed E-state index contributed by atoms with van der Waals surface area (Å²) in [7, 11) is 1.96. The van der Waals surface area contributed by atoms with E-state index in [0.717, 1.165) is 0 Å². The molecule has 1 nitrogen and oxygen atoms in total. The number of hydrogen-bond acceptors (Lipinski definition) is 1. The second-order valence-corrected chi connectivity index (χ2v) is 3.20. The first-order valence-corrected chi connectivity index (χ1v) is 3.37. The number of rotatable bonds is 1. The molecule has 0 aliphatic heterocycles. The Morgan fingerprint density at radius 3 is 1.64 bits per heavy atom. The zero-order valence-corrected chi connectivity index (χ0v) is 12.2. The van der Waals surface area contributed by atoms with Gasteiger partial charge in [-0.25, -0.2) is 0 Å². The Hall–Kier alpha value is 1.18. The van der Waals surface area contributed by atoms with E-state index >= 15 is 0 Å². The van der Waals surface area contributed by atoms with Gasteiger partial charge in [-0.3, -0.25) is 0 Å². The molecule has 0 aromatic heterocycles. The van der Waals surface area contributed by atoms with Gasteiger partial charge < -0.3 is 12.7 Å². The van der Waals surface area contributed by atoms with Crippen LogP contribution in [0.25, 0.3) is 0 Å². The molecule has 0 aliphatic rings. The van der Waals surface area contributed by atoms with Crippen molar-refractivity contribution < 1.29 is 51.4 Å². The van der Waals surface area contributed by atoms with Crippen molar-refractivity contribution >= 4 is 0 Å². The molecule has 0 radical (unpaired) electrons. The van der Waals surface area contributed by atoms with Gasteiger partial charge in [-0.2, -0.15) is 0 Å². The number of allylic oxidation sites excluding steroid dienone is 2. The quantitative estimate of drug-likeness (QED) is 0.429. The summed E-state index contributed by atoms with van der Waals surface area (Å²) in [5.74, 6) is 0. The third kappa shape index (κ3) is 7.53. The summed E-state index contributed by atoms with van der Waals surface area (Å²) in [4.78, 5) is 0. The fraction of sp³-hybridized carbons (Fsp3) is 0.667. The molecule has 1 N–H and O–H groups in total. The van der Waals surface area contributed by atoms with Gasteiger partial charge in [0.1, 0.15) is 0 Å². The van der Waals surface area contributed by atoms with E-state index in [1.807, 2.05) is 7.05 Å². The summed E-state index contributed by atoms with van der Waals surface area (Å²) < 4.78 is 0. The van der Waals surface area contributed by atoms with Crippen LogP contribution >= 0.6 is 0 Å². The summed E-state index contributed by atoms with van der Waals surface area (Å²) in [5.41, 5.74) is 1.56. The molecule has 0 aromatic carbocycles. The SMILES string of the molecule is C/C=C(\NC)C(C)(C)C.[CH3-].[K+]. The van der Waals surface area contributed by atoms with Gasteiger partial charge in [0, 0.05) is 18.2 Å². The topological polar surface area (TPSA) is 12.0 Å². The summed E-state index contributed by atoms with van der Waals surface area (Å²) in [5, 5.41) is 3.15. The van der Waals surface area contributed by atoms with E-state index in [9.17, 15) is 0 Å². The molecule has 0 spiro atoms. The van der Waals surface area contributed by atoms with E-state index in [2.05, 4.69) is 39.1 Å². The average Bonchev–Trinajstić information content (AvgIpc) is 1.65.